The number of likely N-dealkylation sites (tertiary alicyclic amines) is 1. The lowest BCUT2D eigenvalue weighted by molar-refractivity contribution is -0.192. The third-order valence-corrected chi connectivity index (χ3v) is 8.58. The number of thiophene rings is 1. The molecule has 3 atom stereocenters. The molecule has 4 heterocycles. The Labute approximate surface area is 239 Å². The number of carbonyl (C=O) groups excluding carboxylic acids is 2. The van der Waals surface area contributed by atoms with E-state index in [1.807, 2.05) is 39.1 Å². The standard InChI is InChI=1S/C26H32N4O3S.C2HF3O2/c1-5-27-13-16(33-6-2)14-29-11-7-8-20(29)18-9-10-28-19-12-17(34-23(18)19)15-30-24(31)21-22(25(30)32)26(21,3)4;3-2(4,5)1(6)7/h7-12,16,21-22,27H,5-6,13-15H2,1-4H3;(H,6,7). The predicted molar refractivity (Wildman–Crippen MR) is 147 cm³/mol. The molecule has 2 amide bonds. The number of rotatable bonds is 10. The van der Waals surface area contributed by atoms with Gasteiger partial charge in [-0.15, -0.1) is 11.3 Å². The minimum Gasteiger partial charge on any atom is -0.475 e. The van der Waals surface area contributed by atoms with E-state index >= 15 is 0 Å². The quantitative estimate of drug-likeness (QED) is 0.331. The number of aromatic nitrogens is 2. The molecule has 41 heavy (non-hydrogen) atoms. The van der Waals surface area contributed by atoms with Gasteiger partial charge in [-0.25, -0.2) is 4.79 Å². The molecule has 3 aromatic heterocycles. The maximum Gasteiger partial charge on any atom is 0.490 e. The van der Waals surface area contributed by atoms with E-state index in [0.29, 0.717) is 13.2 Å². The number of hydrogen-bond donors (Lipinski definition) is 2. The molecule has 13 heteroatoms. The maximum absolute atomic E-state index is 12.8. The van der Waals surface area contributed by atoms with Crippen LogP contribution in [0.1, 0.15) is 32.6 Å². The first kappa shape index (κ1) is 30.7. The number of amides is 2. The van der Waals surface area contributed by atoms with Crippen molar-refractivity contribution >= 4 is 39.3 Å². The second-order valence-corrected chi connectivity index (χ2v) is 11.7. The molecule has 0 spiro atoms. The number of likely N-dealkylation sites (N-methyl/N-ethyl adjacent to an activating group) is 1. The van der Waals surface area contributed by atoms with Crippen LogP contribution in [0.4, 0.5) is 13.2 Å². The van der Waals surface area contributed by atoms with Crippen LogP contribution in [0.15, 0.2) is 36.7 Å². The van der Waals surface area contributed by atoms with E-state index in [1.165, 1.54) is 4.90 Å². The average molecular weight is 595 g/mol. The van der Waals surface area contributed by atoms with E-state index in [9.17, 15) is 22.8 Å². The first-order chi connectivity index (χ1) is 19.3. The second-order valence-electron chi connectivity index (χ2n) is 10.6. The Bertz CT molecular complexity index is 1410. The zero-order valence-electron chi connectivity index (χ0n) is 23.2. The Kier molecular flexibility index (Phi) is 8.90. The van der Waals surface area contributed by atoms with E-state index in [0.717, 1.165) is 46.0 Å². The first-order valence-electron chi connectivity index (χ1n) is 13.3. The van der Waals surface area contributed by atoms with Gasteiger partial charge in [0.1, 0.15) is 0 Å². The van der Waals surface area contributed by atoms with Crippen LogP contribution in [-0.2, 0) is 32.2 Å². The van der Waals surface area contributed by atoms with Crippen LogP contribution in [0.2, 0.25) is 0 Å². The van der Waals surface area contributed by atoms with Crippen molar-refractivity contribution in [1.82, 2.24) is 19.8 Å². The van der Waals surface area contributed by atoms with Crippen molar-refractivity contribution in [1.29, 1.82) is 0 Å². The number of halogens is 3. The molecule has 5 rings (SSSR count). The van der Waals surface area contributed by atoms with Gasteiger partial charge in [0.15, 0.2) is 0 Å². The minimum atomic E-state index is -5.08. The number of pyridine rings is 1. The number of aliphatic carboxylic acids is 1. The third-order valence-electron chi connectivity index (χ3n) is 7.44. The summed E-state index contributed by atoms with van der Waals surface area (Å²) in [5, 5.41) is 10.5. The summed E-state index contributed by atoms with van der Waals surface area (Å²) >= 11 is 1.62. The Hall–Kier alpha value is -3.29. The van der Waals surface area contributed by atoms with Crippen molar-refractivity contribution in [2.75, 3.05) is 19.7 Å². The summed E-state index contributed by atoms with van der Waals surface area (Å²) in [6.45, 7) is 11.6. The van der Waals surface area contributed by atoms with Gasteiger partial charge in [-0.3, -0.25) is 19.5 Å². The molecule has 2 fully saturated rings. The third kappa shape index (κ3) is 6.31. The summed E-state index contributed by atoms with van der Waals surface area (Å²) in [4.78, 5) is 41.5. The molecule has 1 aliphatic carbocycles. The van der Waals surface area contributed by atoms with Gasteiger partial charge in [0.05, 0.1) is 41.2 Å². The number of ether oxygens (including phenoxy) is 1. The summed E-state index contributed by atoms with van der Waals surface area (Å²) in [6.07, 6.45) is -1.09. The molecule has 1 saturated heterocycles. The van der Waals surface area contributed by atoms with Crippen LogP contribution in [0.5, 0.6) is 0 Å². The van der Waals surface area contributed by atoms with Gasteiger partial charge in [0.2, 0.25) is 11.8 Å². The van der Waals surface area contributed by atoms with E-state index in [-0.39, 0.29) is 35.2 Å². The number of piperidine rings is 1. The van der Waals surface area contributed by atoms with E-state index in [4.69, 9.17) is 14.6 Å². The number of carbonyl (C=O) groups is 3. The van der Waals surface area contributed by atoms with Crippen molar-refractivity contribution in [2.24, 2.45) is 17.3 Å². The zero-order valence-corrected chi connectivity index (χ0v) is 24.0. The summed E-state index contributed by atoms with van der Waals surface area (Å²) in [7, 11) is 0. The summed E-state index contributed by atoms with van der Waals surface area (Å²) < 4.78 is 41.0. The zero-order chi connectivity index (χ0) is 30.1. The van der Waals surface area contributed by atoms with Crippen LogP contribution in [-0.4, -0.2) is 69.3 Å². The highest BCUT2D eigenvalue weighted by Crippen LogP contribution is 2.63. The monoisotopic (exact) mass is 594 g/mol. The van der Waals surface area contributed by atoms with E-state index in [2.05, 4.69) is 40.1 Å². The van der Waals surface area contributed by atoms with Crippen molar-refractivity contribution in [2.45, 2.75) is 53.1 Å². The number of nitrogens with one attached hydrogen (secondary N) is 1. The van der Waals surface area contributed by atoms with Gasteiger partial charge >= 0.3 is 12.1 Å². The molecule has 2 aliphatic rings. The highest BCUT2D eigenvalue weighted by atomic mass is 32.1. The molecule has 1 saturated carbocycles. The van der Waals surface area contributed by atoms with Crippen molar-refractivity contribution < 1.29 is 37.4 Å². The fourth-order valence-electron chi connectivity index (χ4n) is 5.34. The average Bonchev–Trinajstić information content (AvgIpc) is 3.30. The highest BCUT2D eigenvalue weighted by Gasteiger charge is 2.72. The highest BCUT2D eigenvalue weighted by molar-refractivity contribution is 7.19. The number of alkyl halides is 3. The van der Waals surface area contributed by atoms with Crippen molar-refractivity contribution in [3.63, 3.8) is 0 Å². The Morgan fingerprint density at radius 2 is 1.88 bits per heavy atom. The molecule has 0 bridgehead atoms. The number of nitrogens with zero attached hydrogens (tertiary/aromatic N) is 3. The Morgan fingerprint density at radius 3 is 2.46 bits per heavy atom. The van der Waals surface area contributed by atoms with Crippen LogP contribution < -0.4 is 5.32 Å². The van der Waals surface area contributed by atoms with Crippen LogP contribution in [0.25, 0.3) is 21.5 Å². The van der Waals surface area contributed by atoms with E-state index < -0.39 is 12.1 Å². The molecule has 3 aromatic rings. The van der Waals surface area contributed by atoms with Gasteiger partial charge < -0.3 is 19.7 Å². The molecule has 9 nitrogen and oxygen atoms in total. The normalized spacial score (nSPS) is 20.1. The largest absolute Gasteiger partial charge is 0.490 e. The predicted octanol–water partition coefficient (Wildman–Crippen LogP) is 4.55. The number of carboxylic acid groups (broad SMARTS) is 1. The second kappa shape index (κ2) is 11.9. The van der Waals surface area contributed by atoms with Gasteiger partial charge in [-0.05, 0) is 43.1 Å². The number of fused-ring (bicyclic) bond motifs is 2. The smallest absolute Gasteiger partial charge is 0.475 e. The van der Waals surface area contributed by atoms with E-state index in [1.54, 1.807) is 11.3 Å². The fraction of sp³-hybridized carbons (Fsp3) is 0.500. The first-order valence-corrected chi connectivity index (χ1v) is 14.1. The van der Waals surface area contributed by atoms with Crippen molar-refractivity contribution in [3.8, 4) is 11.3 Å². The van der Waals surface area contributed by atoms with Crippen LogP contribution in [0, 0.1) is 17.3 Å². The van der Waals surface area contributed by atoms with Crippen molar-refractivity contribution in [3.05, 3.63) is 41.5 Å². The van der Waals surface area contributed by atoms with Crippen LogP contribution in [0.3, 0.4) is 0 Å². The lowest BCUT2D eigenvalue weighted by atomic mass is 10.1. The number of carboxylic acids is 1. The van der Waals surface area contributed by atoms with Crippen LogP contribution >= 0.6 is 11.3 Å². The SMILES string of the molecule is CCNCC(Cn1cccc1-c1ccnc2cc(CN3C(=O)C4C(C3=O)C4(C)C)sc12)OCC.O=C(O)C(F)(F)F. The molecule has 1 aliphatic heterocycles. The lowest BCUT2D eigenvalue weighted by Crippen LogP contribution is -2.35. The van der Waals surface area contributed by atoms with Gasteiger partial charge in [-0.1, -0.05) is 20.8 Å². The number of hydrogen-bond acceptors (Lipinski definition) is 7. The Balaban J connectivity index is 0.000000493. The molecule has 3 unspecified atom stereocenters. The summed E-state index contributed by atoms with van der Waals surface area (Å²) in [6, 6.07) is 8.23. The molecule has 0 aromatic carbocycles. The minimum absolute atomic E-state index is 0.0258. The fourth-order valence-corrected chi connectivity index (χ4v) is 6.46. The maximum atomic E-state index is 12.8. The molecule has 222 valence electrons. The van der Waals surface area contributed by atoms with Gasteiger partial charge in [0, 0.05) is 41.7 Å². The molecular weight excluding hydrogens is 561 g/mol. The summed E-state index contributed by atoms with van der Waals surface area (Å²) in [5.74, 6) is -3.10. The lowest BCUT2D eigenvalue weighted by Gasteiger charge is -2.20. The number of imide groups is 1. The summed E-state index contributed by atoms with van der Waals surface area (Å²) in [5.41, 5.74) is 2.92. The topological polar surface area (TPSA) is 114 Å². The Morgan fingerprint density at radius 1 is 1.22 bits per heavy atom. The van der Waals surface area contributed by atoms with Gasteiger partial charge in [-0.2, -0.15) is 13.2 Å². The molecule has 2 N–H and O–H groups in total. The van der Waals surface area contributed by atoms with Gasteiger partial charge in [0.25, 0.3) is 0 Å². The molecular formula is C28H33F3N4O5S. The molecule has 0 radical (unpaired) electrons.